The van der Waals surface area contributed by atoms with Gasteiger partial charge in [0.2, 0.25) is 0 Å². The predicted octanol–water partition coefficient (Wildman–Crippen LogP) is 4.37. The smallest absolute Gasteiger partial charge is 0.0732 e. The van der Waals surface area contributed by atoms with Gasteiger partial charge < -0.3 is 10.5 Å². The van der Waals surface area contributed by atoms with Gasteiger partial charge in [0.1, 0.15) is 0 Å². The fourth-order valence-corrected chi connectivity index (χ4v) is 4.55. The Morgan fingerprint density at radius 2 is 1.80 bits per heavy atom. The number of hydrogen-bond acceptors (Lipinski definition) is 2. The van der Waals surface area contributed by atoms with Gasteiger partial charge in [-0.3, -0.25) is 0 Å². The summed E-state index contributed by atoms with van der Waals surface area (Å²) in [5.74, 6) is 2.34. The summed E-state index contributed by atoms with van der Waals surface area (Å²) in [6.45, 7) is 11.8. The van der Waals surface area contributed by atoms with E-state index in [1.807, 2.05) is 0 Å². The Morgan fingerprint density at radius 3 is 2.40 bits per heavy atom. The van der Waals surface area contributed by atoms with Gasteiger partial charge in [0.25, 0.3) is 0 Å². The summed E-state index contributed by atoms with van der Waals surface area (Å²) in [5.41, 5.74) is 6.76. The van der Waals surface area contributed by atoms with Gasteiger partial charge in [-0.2, -0.15) is 0 Å². The van der Waals surface area contributed by atoms with Gasteiger partial charge >= 0.3 is 0 Å². The Balaban J connectivity index is 1.93. The Bertz CT molecular complexity index is 313. The summed E-state index contributed by atoms with van der Waals surface area (Å²) >= 11 is 0. The average molecular weight is 281 g/mol. The van der Waals surface area contributed by atoms with Crippen LogP contribution >= 0.6 is 0 Å². The first-order chi connectivity index (χ1) is 9.27. The maximum atomic E-state index is 6.51. The van der Waals surface area contributed by atoms with Gasteiger partial charge in [-0.15, -0.1) is 0 Å². The van der Waals surface area contributed by atoms with E-state index in [1.54, 1.807) is 0 Å². The SMILES string of the molecule is CC1CC(OC2CC(C(C)C)CCC2N)CC(C)(C)C1. The van der Waals surface area contributed by atoms with Crippen LogP contribution < -0.4 is 5.73 Å². The Labute approximate surface area is 125 Å². The highest BCUT2D eigenvalue weighted by Gasteiger charge is 2.37. The van der Waals surface area contributed by atoms with E-state index in [2.05, 4.69) is 34.6 Å². The van der Waals surface area contributed by atoms with Crippen LogP contribution in [0.4, 0.5) is 0 Å². The van der Waals surface area contributed by atoms with Gasteiger partial charge in [0, 0.05) is 6.04 Å². The summed E-state index contributed by atoms with van der Waals surface area (Å²) in [6.07, 6.45) is 8.07. The third kappa shape index (κ3) is 4.21. The highest BCUT2D eigenvalue weighted by atomic mass is 16.5. The Morgan fingerprint density at radius 1 is 1.10 bits per heavy atom. The summed E-state index contributed by atoms with van der Waals surface area (Å²) in [7, 11) is 0. The molecule has 2 N–H and O–H groups in total. The lowest BCUT2D eigenvalue weighted by atomic mass is 9.71. The van der Waals surface area contributed by atoms with E-state index in [-0.39, 0.29) is 6.04 Å². The van der Waals surface area contributed by atoms with Crippen LogP contribution in [0.5, 0.6) is 0 Å². The molecular formula is C18H35NO. The molecule has 0 bridgehead atoms. The zero-order valence-electron chi connectivity index (χ0n) is 14.2. The van der Waals surface area contributed by atoms with Crippen molar-refractivity contribution in [2.24, 2.45) is 28.9 Å². The van der Waals surface area contributed by atoms with Crippen LogP contribution in [0.15, 0.2) is 0 Å². The highest BCUT2D eigenvalue weighted by Crippen LogP contribution is 2.41. The molecule has 0 amide bonds. The lowest BCUT2D eigenvalue weighted by Crippen LogP contribution is -2.46. The summed E-state index contributed by atoms with van der Waals surface area (Å²) in [5, 5.41) is 0. The molecular weight excluding hydrogens is 246 g/mol. The van der Waals surface area contributed by atoms with Crippen molar-refractivity contribution in [3.63, 3.8) is 0 Å². The third-order valence-electron chi connectivity index (χ3n) is 5.54. The molecule has 2 nitrogen and oxygen atoms in total. The minimum absolute atomic E-state index is 0.255. The van der Waals surface area contributed by atoms with Crippen molar-refractivity contribution in [3.05, 3.63) is 0 Å². The minimum Gasteiger partial charge on any atom is -0.373 e. The normalized spacial score (nSPS) is 41.9. The third-order valence-corrected chi connectivity index (χ3v) is 5.54. The molecule has 118 valence electrons. The van der Waals surface area contributed by atoms with E-state index in [1.165, 1.54) is 32.1 Å². The molecule has 5 unspecified atom stereocenters. The van der Waals surface area contributed by atoms with Crippen LogP contribution in [0.1, 0.15) is 73.1 Å². The molecule has 0 aromatic carbocycles. The van der Waals surface area contributed by atoms with Gasteiger partial charge in [-0.05, 0) is 61.7 Å². The van der Waals surface area contributed by atoms with Crippen LogP contribution in [-0.2, 0) is 4.74 Å². The molecule has 2 aliphatic carbocycles. The van der Waals surface area contributed by atoms with E-state index in [0.717, 1.165) is 24.2 Å². The molecule has 2 rings (SSSR count). The van der Waals surface area contributed by atoms with Crippen molar-refractivity contribution in [2.45, 2.75) is 91.4 Å². The largest absolute Gasteiger partial charge is 0.373 e. The highest BCUT2D eigenvalue weighted by molar-refractivity contribution is 4.88. The fraction of sp³-hybridized carbons (Fsp3) is 1.00. The van der Waals surface area contributed by atoms with Crippen molar-refractivity contribution in [3.8, 4) is 0 Å². The monoisotopic (exact) mass is 281 g/mol. The Kier molecular flexibility index (Phi) is 5.18. The van der Waals surface area contributed by atoms with Crippen molar-refractivity contribution < 1.29 is 4.74 Å². The van der Waals surface area contributed by atoms with Gasteiger partial charge in [0.05, 0.1) is 12.2 Å². The number of nitrogens with two attached hydrogens (primary N) is 1. The summed E-state index contributed by atoms with van der Waals surface area (Å²) in [6, 6.07) is 0.255. The van der Waals surface area contributed by atoms with Crippen LogP contribution in [0.25, 0.3) is 0 Å². The molecule has 2 aliphatic rings. The van der Waals surface area contributed by atoms with Crippen LogP contribution in [0.3, 0.4) is 0 Å². The van der Waals surface area contributed by atoms with Gasteiger partial charge in [0.15, 0.2) is 0 Å². The maximum Gasteiger partial charge on any atom is 0.0732 e. The van der Waals surface area contributed by atoms with E-state index >= 15 is 0 Å². The topological polar surface area (TPSA) is 35.2 Å². The molecule has 0 heterocycles. The van der Waals surface area contributed by atoms with Crippen molar-refractivity contribution >= 4 is 0 Å². The molecule has 5 atom stereocenters. The maximum absolute atomic E-state index is 6.51. The quantitative estimate of drug-likeness (QED) is 0.833. The molecule has 2 saturated carbocycles. The molecule has 0 saturated heterocycles. The summed E-state index contributed by atoms with van der Waals surface area (Å²) < 4.78 is 6.51. The first-order valence-corrected chi connectivity index (χ1v) is 8.68. The Hall–Kier alpha value is -0.0800. The molecule has 2 fully saturated rings. The van der Waals surface area contributed by atoms with Crippen LogP contribution in [0, 0.1) is 23.2 Å². The van der Waals surface area contributed by atoms with Gasteiger partial charge in [-0.1, -0.05) is 34.6 Å². The van der Waals surface area contributed by atoms with Crippen molar-refractivity contribution in [1.82, 2.24) is 0 Å². The minimum atomic E-state index is 0.255. The standard InChI is InChI=1S/C18H35NO/c1-12(2)14-6-7-16(19)17(9-14)20-15-8-13(3)10-18(4,5)11-15/h12-17H,6-11,19H2,1-5H3. The number of ether oxygens (including phenoxy) is 1. The lowest BCUT2D eigenvalue weighted by molar-refractivity contribution is -0.0927. The molecule has 0 aromatic heterocycles. The second kappa shape index (κ2) is 6.36. The second-order valence-electron chi connectivity index (χ2n) is 8.69. The van der Waals surface area contributed by atoms with E-state index < -0.39 is 0 Å². The van der Waals surface area contributed by atoms with Crippen LogP contribution in [0.2, 0.25) is 0 Å². The zero-order chi connectivity index (χ0) is 14.9. The van der Waals surface area contributed by atoms with Crippen LogP contribution in [-0.4, -0.2) is 18.2 Å². The number of hydrogen-bond donors (Lipinski definition) is 1. The van der Waals surface area contributed by atoms with Crippen molar-refractivity contribution in [1.29, 1.82) is 0 Å². The molecule has 2 heteroatoms. The van der Waals surface area contributed by atoms with E-state index in [4.69, 9.17) is 10.5 Å². The molecule has 20 heavy (non-hydrogen) atoms. The fourth-order valence-electron chi connectivity index (χ4n) is 4.55. The van der Waals surface area contributed by atoms with Crippen molar-refractivity contribution in [2.75, 3.05) is 0 Å². The molecule has 0 aromatic rings. The molecule has 0 spiro atoms. The zero-order valence-corrected chi connectivity index (χ0v) is 14.2. The first-order valence-electron chi connectivity index (χ1n) is 8.68. The molecule has 0 aliphatic heterocycles. The second-order valence-corrected chi connectivity index (χ2v) is 8.69. The van der Waals surface area contributed by atoms with E-state index in [9.17, 15) is 0 Å². The lowest BCUT2D eigenvalue weighted by Gasteiger charge is -2.43. The first kappa shape index (κ1) is 16.3. The number of rotatable bonds is 3. The molecule has 0 radical (unpaired) electrons. The summed E-state index contributed by atoms with van der Waals surface area (Å²) in [4.78, 5) is 0. The predicted molar refractivity (Wildman–Crippen MR) is 85.6 cm³/mol. The van der Waals surface area contributed by atoms with Gasteiger partial charge in [-0.25, -0.2) is 0 Å². The average Bonchev–Trinajstić information content (AvgIpc) is 2.28. The van der Waals surface area contributed by atoms with E-state index in [0.29, 0.717) is 17.6 Å².